The van der Waals surface area contributed by atoms with Crippen LogP contribution in [0.1, 0.15) is 17.2 Å². The van der Waals surface area contributed by atoms with Gasteiger partial charge in [0, 0.05) is 0 Å². The van der Waals surface area contributed by atoms with Gasteiger partial charge in [0.15, 0.2) is 6.04 Å². The molecule has 1 heterocycles. The van der Waals surface area contributed by atoms with Gasteiger partial charge < -0.3 is 15.3 Å². The number of hydrogen-bond donors (Lipinski definition) is 3. The molecule has 1 aromatic carbocycles. The van der Waals surface area contributed by atoms with Crippen LogP contribution >= 0.6 is 0 Å². The minimum Gasteiger partial charge on any atom is -0.479 e. The van der Waals surface area contributed by atoms with Gasteiger partial charge in [-0.2, -0.15) is 0 Å². The molecule has 7 heteroatoms. The van der Waals surface area contributed by atoms with Crippen molar-refractivity contribution in [3.05, 3.63) is 41.1 Å². The lowest BCUT2D eigenvalue weighted by molar-refractivity contribution is -0.143. The molecule has 1 aromatic rings. The molecule has 0 spiro atoms. The predicted octanol–water partition coefficient (Wildman–Crippen LogP) is 1.23. The highest BCUT2D eigenvalue weighted by Crippen LogP contribution is 2.34. The highest BCUT2D eigenvalue weighted by atomic mass is 16.4. The first kappa shape index (κ1) is 12.6. The summed E-state index contributed by atoms with van der Waals surface area (Å²) < 4.78 is 0. The molecule has 1 amide bonds. The van der Waals surface area contributed by atoms with Crippen molar-refractivity contribution in [2.45, 2.75) is 6.04 Å². The number of carbonyl (C=O) groups is 3. The number of amides is 1. The Morgan fingerprint density at radius 2 is 1.68 bits per heavy atom. The molecule has 0 saturated heterocycles. The molecule has 2 rings (SSSR count). The fourth-order valence-electron chi connectivity index (χ4n) is 2.01. The van der Waals surface area contributed by atoms with Gasteiger partial charge in [0.25, 0.3) is 0 Å². The summed E-state index contributed by atoms with van der Waals surface area (Å²) in [7, 11) is 0. The van der Waals surface area contributed by atoms with Crippen LogP contribution in [0.4, 0.5) is 4.79 Å². The lowest BCUT2D eigenvalue weighted by Gasteiger charge is -2.31. The van der Waals surface area contributed by atoms with Crippen molar-refractivity contribution in [1.29, 1.82) is 0 Å². The van der Waals surface area contributed by atoms with Crippen LogP contribution in [0, 0.1) is 0 Å². The van der Waals surface area contributed by atoms with E-state index in [1.807, 2.05) is 0 Å². The Labute approximate surface area is 107 Å². The molecular weight excluding hydrogens is 254 g/mol. The van der Waals surface area contributed by atoms with Gasteiger partial charge in [0.05, 0.1) is 0 Å². The summed E-state index contributed by atoms with van der Waals surface area (Å²) in [5.74, 6) is -2.93. The maximum atomic E-state index is 11.3. The van der Waals surface area contributed by atoms with Crippen LogP contribution < -0.4 is 0 Å². The first-order valence-corrected chi connectivity index (χ1v) is 5.22. The molecule has 19 heavy (non-hydrogen) atoms. The average molecular weight is 263 g/mol. The summed E-state index contributed by atoms with van der Waals surface area (Å²) in [6.45, 7) is 0. The van der Waals surface area contributed by atoms with Crippen LogP contribution in [0.25, 0.3) is 6.08 Å². The molecule has 0 radical (unpaired) electrons. The van der Waals surface area contributed by atoms with Crippen LogP contribution in [-0.4, -0.2) is 38.3 Å². The number of rotatable bonds is 2. The summed E-state index contributed by atoms with van der Waals surface area (Å²) in [4.78, 5) is 33.8. The summed E-state index contributed by atoms with van der Waals surface area (Å²) >= 11 is 0. The van der Waals surface area contributed by atoms with E-state index < -0.39 is 29.8 Å². The zero-order valence-corrected chi connectivity index (χ0v) is 9.48. The second-order valence-electron chi connectivity index (χ2n) is 3.86. The predicted molar refractivity (Wildman–Crippen MR) is 62.3 cm³/mol. The van der Waals surface area contributed by atoms with E-state index in [2.05, 4.69) is 0 Å². The van der Waals surface area contributed by atoms with E-state index in [0.29, 0.717) is 10.5 Å². The van der Waals surface area contributed by atoms with E-state index in [1.165, 1.54) is 12.1 Å². The van der Waals surface area contributed by atoms with Crippen molar-refractivity contribution in [1.82, 2.24) is 4.90 Å². The second-order valence-corrected chi connectivity index (χ2v) is 3.86. The first-order valence-electron chi connectivity index (χ1n) is 5.22. The van der Waals surface area contributed by atoms with Gasteiger partial charge in [-0.05, 0) is 17.2 Å². The van der Waals surface area contributed by atoms with Crippen LogP contribution in [0.2, 0.25) is 0 Å². The highest BCUT2D eigenvalue weighted by Gasteiger charge is 2.40. The number of carboxylic acid groups (broad SMARTS) is 3. The monoisotopic (exact) mass is 263 g/mol. The third-order valence-electron chi connectivity index (χ3n) is 2.76. The summed E-state index contributed by atoms with van der Waals surface area (Å²) in [6, 6.07) is 4.61. The number of carboxylic acids is 2. The molecule has 0 aromatic heterocycles. The molecular formula is C12H9NO6. The maximum Gasteiger partial charge on any atom is 0.413 e. The third-order valence-corrected chi connectivity index (χ3v) is 2.76. The van der Waals surface area contributed by atoms with E-state index in [0.717, 1.165) is 6.08 Å². The topological polar surface area (TPSA) is 115 Å². The maximum absolute atomic E-state index is 11.3. The molecule has 7 nitrogen and oxygen atoms in total. The van der Waals surface area contributed by atoms with Crippen molar-refractivity contribution in [3.63, 3.8) is 0 Å². The van der Waals surface area contributed by atoms with Gasteiger partial charge in [-0.1, -0.05) is 24.3 Å². The van der Waals surface area contributed by atoms with Crippen LogP contribution in [0.5, 0.6) is 0 Å². The molecule has 1 atom stereocenters. The molecule has 98 valence electrons. The molecule has 0 saturated carbocycles. The van der Waals surface area contributed by atoms with Crippen LogP contribution in [0.3, 0.4) is 0 Å². The third kappa shape index (κ3) is 2.01. The van der Waals surface area contributed by atoms with E-state index >= 15 is 0 Å². The minimum absolute atomic E-state index is 0.238. The van der Waals surface area contributed by atoms with E-state index in [9.17, 15) is 19.5 Å². The van der Waals surface area contributed by atoms with Gasteiger partial charge in [-0.3, -0.25) is 4.90 Å². The molecule has 1 aliphatic heterocycles. The van der Waals surface area contributed by atoms with Gasteiger partial charge in [0.1, 0.15) is 5.70 Å². The zero-order valence-electron chi connectivity index (χ0n) is 9.48. The molecule has 1 aliphatic rings. The SMILES string of the molecule is O=C(O)C1=Cc2ccccc2C(C(=O)O)N1C(=O)O. The van der Waals surface area contributed by atoms with E-state index in [-0.39, 0.29) is 5.56 Å². The van der Waals surface area contributed by atoms with Crippen molar-refractivity contribution in [3.8, 4) is 0 Å². The van der Waals surface area contributed by atoms with Gasteiger partial charge >= 0.3 is 18.0 Å². The Morgan fingerprint density at radius 1 is 1.05 bits per heavy atom. The summed E-state index contributed by atoms with van der Waals surface area (Å²) in [6.07, 6.45) is -0.485. The van der Waals surface area contributed by atoms with Gasteiger partial charge in [-0.25, -0.2) is 14.4 Å². The fourth-order valence-corrected chi connectivity index (χ4v) is 2.01. The van der Waals surface area contributed by atoms with E-state index in [4.69, 9.17) is 10.2 Å². The van der Waals surface area contributed by atoms with Gasteiger partial charge in [-0.15, -0.1) is 0 Å². The Morgan fingerprint density at radius 3 is 2.21 bits per heavy atom. The normalized spacial score (nSPS) is 17.4. The Bertz CT molecular complexity index is 606. The quantitative estimate of drug-likeness (QED) is 0.739. The van der Waals surface area contributed by atoms with Crippen molar-refractivity contribution >= 4 is 24.1 Å². The number of fused-ring (bicyclic) bond motifs is 1. The Kier molecular flexibility index (Phi) is 2.95. The minimum atomic E-state index is -1.63. The zero-order chi connectivity index (χ0) is 14.2. The number of hydrogen-bond acceptors (Lipinski definition) is 3. The summed E-state index contributed by atoms with van der Waals surface area (Å²) in [5.41, 5.74) is 0.0331. The molecule has 1 unspecified atom stereocenters. The first-order chi connectivity index (χ1) is 8.93. The number of aliphatic carboxylic acids is 2. The summed E-state index contributed by atoms with van der Waals surface area (Å²) in [5, 5.41) is 27.3. The highest BCUT2D eigenvalue weighted by molar-refractivity contribution is 5.99. The van der Waals surface area contributed by atoms with Crippen molar-refractivity contribution in [2.75, 3.05) is 0 Å². The van der Waals surface area contributed by atoms with Crippen molar-refractivity contribution < 1.29 is 29.7 Å². The lowest BCUT2D eigenvalue weighted by Crippen LogP contribution is -2.41. The Hall–Kier alpha value is -2.83. The molecule has 3 N–H and O–H groups in total. The number of benzene rings is 1. The van der Waals surface area contributed by atoms with Crippen LogP contribution in [-0.2, 0) is 9.59 Å². The van der Waals surface area contributed by atoms with E-state index in [1.54, 1.807) is 12.1 Å². The van der Waals surface area contributed by atoms with Crippen LogP contribution in [0.15, 0.2) is 30.0 Å². The van der Waals surface area contributed by atoms with Crippen molar-refractivity contribution in [2.24, 2.45) is 0 Å². The number of nitrogens with zero attached hydrogens (tertiary/aromatic N) is 1. The fraction of sp³-hybridized carbons (Fsp3) is 0.0833. The van der Waals surface area contributed by atoms with Gasteiger partial charge in [0.2, 0.25) is 0 Å². The standard InChI is InChI=1S/C12H9NO6/c14-10(15)8-5-6-3-1-2-4-7(6)9(11(16)17)13(8)12(18)19/h1-5,9H,(H,14,15)(H,16,17)(H,18,19). The second kappa shape index (κ2) is 4.45. The molecule has 0 fully saturated rings. The molecule has 0 bridgehead atoms. The smallest absolute Gasteiger partial charge is 0.413 e. The lowest BCUT2D eigenvalue weighted by atomic mass is 9.94. The Balaban J connectivity index is 2.70. The molecule has 0 aliphatic carbocycles. The average Bonchev–Trinajstić information content (AvgIpc) is 2.35. The largest absolute Gasteiger partial charge is 0.479 e.